The smallest absolute Gasteiger partial charge is 0.191 e. The summed E-state index contributed by atoms with van der Waals surface area (Å²) in [6, 6.07) is 8.02. The van der Waals surface area contributed by atoms with Crippen molar-refractivity contribution in [3.8, 4) is 5.75 Å². The van der Waals surface area contributed by atoms with Crippen molar-refractivity contribution in [2.45, 2.75) is 77.8 Å². The lowest BCUT2D eigenvalue weighted by atomic mass is 10.0. The summed E-state index contributed by atoms with van der Waals surface area (Å²) in [6.07, 6.45) is 5.05. The Bertz CT molecular complexity index is 592. The molecule has 0 aromatic heterocycles. The van der Waals surface area contributed by atoms with Gasteiger partial charge in [-0.25, -0.2) is 0 Å². The number of methoxy groups -OCH3 is 1. The minimum Gasteiger partial charge on any atom is -0.497 e. The monoisotopic (exact) mass is 436 g/mol. The molecule has 0 amide bonds. The lowest BCUT2D eigenvalue weighted by molar-refractivity contribution is 0.0238. The molecule has 0 N–H and O–H groups in total. The van der Waals surface area contributed by atoms with Crippen LogP contribution < -0.4 is 4.74 Å². The number of hydrogen-bond acceptors (Lipinski definition) is 4. The van der Waals surface area contributed by atoms with Gasteiger partial charge in [-0.1, -0.05) is 45.9 Å². The van der Waals surface area contributed by atoms with E-state index in [0.29, 0.717) is 19.1 Å². The van der Waals surface area contributed by atoms with E-state index in [0.717, 1.165) is 43.8 Å². The first-order chi connectivity index (χ1) is 14.1. The summed E-state index contributed by atoms with van der Waals surface area (Å²) in [4.78, 5) is 0. The van der Waals surface area contributed by atoms with Crippen LogP contribution in [-0.2, 0) is 20.5 Å². The Kier molecular flexibility index (Phi) is 11.9. The fraction of sp³-hybridized carbons (Fsp3) is 0.680. The number of hydrogen-bond donors (Lipinski definition) is 0. The molecular formula is C25H44O4Si. The Morgan fingerprint density at radius 3 is 2.37 bits per heavy atom. The first-order valence-electron chi connectivity index (χ1n) is 11.2. The van der Waals surface area contributed by atoms with Crippen LogP contribution in [0.1, 0.15) is 52.5 Å². The molecule has 4 nitrogen and oxygen atoms in total. The van der Waals surface area contributed by atoms with Crippen molar-refractivity contribution in [1.29, 1.82) is 0 Å². The second kappa shape index (κ2) is 13.3. The van der Waals surface area contributed by atoms with Crippen molar-refractivity contribution < 1.29 is 18.6 Å². The van der Waals surface area contributed by atoms with Gasteiger partial charge in [0.05, 0.1) is 26.4 Å². The molecule has 0 aliphatic carbocycles. The zero-order valence-electron chi connectivity index (χ0n) is 20.3. The molecule has 0 fully saturated rings. The Hall–Kier alpha value is -1.14. The predicted molar refractivity (Wildman–Crippen MR) is 129 cm³/mol. The maximum absolute atomic E-state index is 6.31. The second-order valence-corrected chi connectivity index (χ2v) is 14.5. The zero-order chi connectivity index (χ0) is 22.6. The molecule has 0 saturated heterocycles. The predicted octanol–water partition coefficient (Wildman–Crippen LogP) is 6.61. The van der Waals surface area contributed by atoms with Crippen molar-refractivity contribution in [3.05, 3.63) is 42.5 Å². The van der Waals surface area contributed by atoms with Gasteiger partial charge in [0.25, 0.3) is 0 Å². The summed E-state index contributed by atoms with van der Waals surface area (Å²) in [6.45, 7) is 20.2. The summed E-state index contributed by atoms with van der Waals surface area (Å²) in [5.41, 5.74) is 1.16. The minimum absolute atomic E-state index is 0.214. The standard InChI is InChI=1S/C25H44O4Si/c1-9-16-28-24(11-10-17-29-30(7,8)25(3,4)5)18-21(2)19-27-20-22-12-14-23(26-6)15-13-22/h9,12-15,21,24H,1,10-11,16-20H2,2-8H3/t21-,24+/m1/s1. The van der Waals surface area contributed by atoms with E-state index in [-0.39, 0.29) is 11.1 Å². The summed E-state index contributed by atoms with van der Waals surface area (Å²) in [5, 5.41) is 0.251. The van der Waals surface area contributed by atoms with E-state index in [2.05, 4.69) is 47.4 Å². The Balaban J connectivity index is 2.37. The first kappa shape index (κ1) is 26.9. The van der Waals surface area contributed by atoms with Gasteiger partial charge >= 0.3 is 0 Å². The number of ether oxygens (including phenoxy) is 3. The van der Waals surface area contributed by atoms with Gasteiger partial charge in [0.1, 0.15) is 5.75 Å². The Morgan fingerprint density at radius 2 is 1.80 bits per heavy atom. The third kappa shape index (κ3) is 10.2. The molecule has 0 bridgehead atoms. The fourth-order valence-corrected chi connectivity index (χ4v) is 4.03. The average molecular weight is 437 g/mol. The quantitative estimate of drug-likeness (QED) is 0.176. The lowest BCUT2D eigenvalue weighted by Gasteiger charge is -2.36. The fourth-order valence-electron chi connectivity index (χ4n) is 2.94. The molecule has 1 aromatic rings. The molecule has 5 heteroatoms. The summed E-state index contributed by atoms with van der Waals surface area (Å²) in [5.74, 6) is 1.30. The summed E-state index contributed by atoms with van der Waals surface area (Å²) < 4.78 is 23.5. The van der Waals surface area contributed by atoms with Gasteiger partial charge in [0.15, 0.2) is 8.32 Å². The Morgan fingerprint density at radius 1 is 1.13 bits per heavy atom. The van der Waals surface area contributed by atoms with E-state index in [1.54, 1.807) is 7.11 Å². The molecule has 2 atom stereocenters. The van der Waals surface area contributed by atoms with Gasteiger partial charge in [0, 0.05) is 13.2 Å². The van der Waals surface area contributed by atoms with Crippen LogP contribution in [0.15, 0.2) is 36.9 Å². The molecule has 0 radical (unpaired) electrons. The third-order valence-corrected chi connectivity index (χ3v) is 10.4. The van der Waals surface area contributed by atoms with E-state index in [4.69, 9.17) is 18.6 Å². The van der Waals surface area contributed by atoms with Crippen molar-refractivity contribution in [2.75, 3.05) is 26.9 Å². The first-order valence-corrected chi connectivity index (χ1v) is 14.1. The largest absolute Gasteiger partial charge is 0.497 e. The van der Waals surface area contributed by atoms with Crippen LogP contribution in [0.2, 0.25) is 18.1 Å². The average Bonchev–Trinajstić information content (AvgIpc) is 2.68. The van der Waals surface area contributed by atoms with Crippen LogP contribution in [0, 0.1) is 5.92 Å². The maximum atomic E-state index is 6.31. The molecule has 172 valence electrons. The molecule has 0 saturated carbocycles. The number of benzene rings is 1. The van der Waals surface area contributed by atoms with Crippen molar-refractivity contribution in [1.82, 2.24) is 0 Å². The normalized spacial score (nSPS) is 14.4. The van der Waals surface area contributed by atoms with E-state index in [1.165, 1.54) is 0 Å². The van der Waals surface area contributed by atoms with Gasteiger partial charge in [-0.2, -0.15) is 0 Å². The van der Waals surface area contributed by atoms with Crippen LogP contribution in [-0.4, -0.2) is 41.4 Å². The molecule has 0 spiro atoms. The van der Waals surface area contributed by atoms with Crippen molar-refractivity contribution >= 4 is 8.32 Å². The van der Waals surface area contributed by atoms with Crippen LogP contribution >= 0.6 is 0 Å². The molecule has 1 aromatic carbocycles. The molecular weight excluding hydrogens is 392 g/mol. The van der Waals surface area contributed by atoms with E-state index in [1.807, 2.05) is 30.3 Å². The molecule has 0 aliphatic rings. The molecule has 1 rings (SSSR count). The van der Waals surface area contributed by atoms with Crippen LogP contribution in [0.3, 0.4) is 0 Å². The SMILES string of the molecule is C=CCO[C@@H](CCCO[Si](C)(C)C(C)(C)C)C[C@@H](C)COCc1ccc(OC)cc1. The topological polar surface area (TPSA) is 36.9 Å². The van der Waals surface area contributed by atoms with Crippen LogP contribution in [0.25, 0.3) is 0 Å². The lowest BCUT2D eigenvalue weighted by Crippen LogP contribution is -2.41. The van der Waals surface area contributed by atoms with Gasteiger partial charge in [-0.05, 0) is 61.0 Å². The van der Waals surface area contributed by atoms with E-state index in [9.17, 15) is 0 Å². The highest BCUT2D eigenvalue weighted by molar-refractivity contribution is 6.74. The molecule has 0 heterocycles. The van der Waals surface area contributed by atoms with E-state index < -0.39 is 8.32 Å². The molecule has 0 unspecified atom stereocenters. The third-order valence-electron chi connectivity index (χ3n) is 5.88. The summed E-state index contributed by atoms with van der Waals surface area (Å²) >= 11 is 0. The number of rotatable bonds is 15. The van der Waals surface area contributed by atoms with E-state index >= 15 is 0 Å². The van der Waals surface area contributed by atoms with Crippen molar-refractivity contribution in [3.63, 3.8) is 0 Å². The summed E-state index contributed by atoms with van der Waals surface area (Å²) in [7, 11) is 0.00298. The highest BCUT2D eigenvalue weighted by atomic mass is 28.4. The zero-order valence-corrected chi connectivity index (χ0v) is 21.3. The molecule has 0 aliphatic heterocycles. The van der Waals surface area contributed by atoms with Gasteiger partial charge in [0.2, 0.25) is 0 Å². The van der Waals surface area contributed by atoms with Gasteiger partial charge < -0.3 is 18.6 Å². The highest BCUT2D eigenvalue weighted by Gasteiger charge is 2.36. The Labute approximate surface area is 186 Å². The van der Waals surface area contributed by atoms with Crippen LogP contribution in [0.4, 0.5) is 0 Å². The second-order valence-electron chi connectivity index (χ2n) is 9.70. The highest BCUT2D eigenvalue weighted by Crippen LogP contribution is 2.36. The van der Waals surface area contributed by atoms with Crippen molar-refractivity contribution in [2.24, 2.45) is 5.92 Å². The minimum atomic E-state index is -1.68. The molecule has 30 heavy (non-hydrogen) atoms. The van der Waals surface area contributed by atoms with Gasteiger partial charge in [-0.3, -0.25) is 0 Å². The van der Waals surface area contributed by atoms with Crippen LogP contribution in [0.5, 0.6) is 5.75 Å². The maximum Gasteiger partial charge on any atom is 0.191 e. The van der Waals surface area contributed by atoms with Gasteiger partial charge in [-0.15, -0.1) is 6.58 Å².